The van der Waals surface area contributed by atoms with Gasteiger partial charge in [0.15, 0.2) is 0 Å². The molecule has 0 aliphatic carbocycles. The molecule has 1 saturated heterocycles. The Kier molecular flexibility index (Phi) is 6.36. The molecule has 1 amide bonds. The maximum absolute atomic E-state index is 12.0. The SMILES string of the molecule is CCC[C@H]1CN(Cc2nccn2C)C[C@@H]1NC(=O)CNS(C)(=O)=O. The molecule has 0 aromatic carbocycles. The molecule has 1 fully saturated rings. The number of nitrogens with zero attached hydrogens (tertiary/aromatic N) is 3. The number of hydrogen-bond acceptors (Lipinski definition) is 5. The van der Waals surface area contributed by atoms with Crippen LogP contribution >= 0.6 is 0 Å². The number of likely N-dealkylation sites (tertiary alicyclic amines) is 1. The Morgan fingerprint density at radius 2 is 2.17 bits per heavy atom. The predicted molar refractivity (Wildman–Crippen MR) is 91.7 cm³/mol. The molecule has 2 heterocycles. The van der Waals surface area contributed by atoms with Crippen molar-refractivity contribution in [3.63, 3.8) is 0 Å². The summed E-state index contributed by atoms with van der Waals surface area (Å²) in [6.45, 7) is 4.32. The van der Waals surface area contributed by atoms with Crippen molar-refractivity contribution in [2.45, 2.75) is 32.4 Å². The Bertz CT molecular complexity index is 658. The summed E-state index contributed by atoms with van der Waals surface area (Å²) < 4.78 is 26.4. The third-order valence-corrected chi connectivity index (χ3v) is 4.97. The summed E-state index contributed by atoms with van der Waals surface area (Å²) in [6, 6.07) is 0.0408. The zero-order valence-corrected chi connectivity index (χ0v) is 15.3. The van der Waals surface area contributed by atoms with Crippen molar-refractivity contribution < 1.29 is 13.2 Å². The van der Waals surface area contributed by atoms with Gasteiger partial charge in [-0.2, -0.15) is 0 Å². The van der Waals surface area contributed by atoms with Crippen molar-refractivity contribution in [3.05, 3.63) is 18.2 Å². The molecule has 1 aromatic rings. The van der Waals surface area contributed by atoms with Gasteiger partial charge in [0.1, 0.15) is 5.82 Å². The van der Waals surface area contributed by atoms with Crippen molar-refractivity contribution >= 4 is 15.9 Å². The molecule has 2 rings (SSSR count). The van der Waals surface area contributed by atoms with E-state index in [0.717, 1.165) is 44.6 Å². The topological polar surface area (TPSA) is 96.3 Å². The largest absolute Gasteiger partial charge is 0.351 e. The average Bonchev–Trinajstić information content (AvgIpc) is 3.04. The normalized spacial score (nSPS) is 22.0. The molecule has 2 N–H and O–H groups in total. The molecule has 0 radical (unpaired) electrons. The van der Waals surface area contributed by atoms with E-state index in [0.29, 0.717) is 5.92 Å². The van der Waals surface area contributed by atoms with Crippen LogP contribution in [-0.4, -0.2) is 60.7 Å². The second kappa shape index (κ2) is 8.09. The number of sulfonamides is 1. The van der Waals surface area contributed by atoms with Crippen LogP contribution in [0.3, 0.4) is 0 Å². The highest BCUT2D eigenvalue weighted by Crippen LogP contribution is 2.23. The van der Waals surface area contributed by atoms with Gasteiger partial charge in [0, 0.05) is 38.6 Å². The molecule has 0 saturated carbocycles. The smallest absolute Gasteiger partial charge is 0.235 e. The monoisotopic (exact) mass is 357 g/mol. The van der Waals surface area contributed by atoms with Crippen LogP contribution in [0.2, 0.25) is 0 Å². The van der Waals surface area contributed by atoms with Gasteiger partial charge in [0.2, 0.25) is 15.9 Å². The van der Waals surface area contributed by atoms with E-state index in [1.807, 2.05) is 17.8 Å². The zero-order valence-electron chi connectivity index (χ0n) is 14.5. The van der Waals surface area contributed by atoms with Crippen LogP contribution in [0.15, 0.2) is 12.4 Å². The van der Waals surface area contributed by atoms with Crippen LogP contribution in [0.4, 0.5) is 0 Å². The molecule has 0 bridgehead atoms. The van der Waals surface area contributed by atoms with Crippen LogP contribution in [0, 0.1) is 5.92 Å². The highest BCUT2D eigenvalue weighted by atomic mass is 32.2. The minimum atomic E-state index is -3.36. The molecule has 8 nitrogen and oxygen atoms in total. The maximum atomic E-state index is 12.0. The van der Waals surface area contributed by atoms with Gasteiger partial charge in [0.05, 0.1) is 19.3 Å². The second-order valence-corrected chi connectivity index (χ2v) is 8.30. The van der Waals surface area contributed by atoms with Gasteiger partial charge in [-0.05, 0) is 12.3 Å². The summed E-state index contributed by atoms with van der Waals surface area (Å²) in [5, 5.41) is 2.98. The van der Waals surface area contributed by atoms with E-state index >= 15 is 0 Å². The van der Waals surface area contributed by atoms with Crippen LogP contribution in [0.1, 0.15) is 25.6 Å². The molecule has 0 unspecified atom stereocenters. The first-order valence-corrected chi connectivity index (χ1v) is 10.1. The first kappa shape index (κ1) is 18.9. The van der Waals surface area contributed by atoms with E-state index in [2.05, 4.69) is 26.8 Å². The number of rotatable bonds is 8. The third-order valence-electron chi connectivity index (χ3n) is 4.30. The first-order valence-electron chi connectivity index (χ1n) is 8.21. The van der Waals surface area contributed by atoms with E-state index in [4.69, 9.17) is 0 Å². The average molecular weight is 357 g/mol. The molecule has 2 atom stereocenters. The lowest BCUT2D eigenvalue weighted by Crippen LogP contribution is -2.45. The van der Waals surface area contributed by atoms with Crippen LogP contribution in [0.25, 0.3) is 0 Å². The molecular weight excluding hydrogens is 330 g/mol. The van der Waals surface area contributed by atoms with Crippen molar-refractivity contribution in [1.29, 1.82) is 0 Å². The molecule has 1 aliphatic rings. The van der Waals surface area contributed by atoms with Crippen molar-refractivity contribution in [1.82, 2.24) is 24.5 Å². The Hall–Kier alpha value is -1.45. The van der Waals surface area contributed by atoms with E-state index in [1.54, 1.807) is 6.20 Å². The molecule has 136 valence electrons. The predicted octanol–water partition coefficient (Wildman–Crippen LogP) is -0.314. The number of aromatic nitrogens is 2. The number of carbonyl (C=O) groups excluding carboxylic acids is 1. The highest BCUT2D eigenvalue weighted by Gasteiger charge is 2.33. The summed E-state index contributed by atoms with van der Waals surface area (Å²) in [5.41, 5.74) is 0. The van der Waals surface area contributed by atoms with E-state index in [-0.39, 0.29) is 18.5 Å². The van der Waals surface area contributed by atoms with E-state index in [9.17, 15) is 13.2 Å². The lowest BCUT2D eigenvalue weighted by Gasteiger charge is -2.19. The maximum Gasteiger partial charge on any atom is 0.235 e. The van der Waals surface area contributed by atoms with Gasteiger partial charge < -0.3 is 9.88 Å². The van der Waals surface area contributed by atoms with Gasteiger partial charge in [-0.1, -0.05) is 13.3 Å². The summed E-state index contributed by atoms with van der Waals surface area (Å²) in [7, 11) is -1.39. The van der Waals surface area contributed by atoms with Gasteiger partial charge in [-0.3, -0.25) is 9.69 Å². The fourth-order valence-corrected chi connectivity index (χ4v) is 3.51. The van der Waals surface area contributed by atoms with Gasteiger partial charge >= 0.3 is 0 Å². The van der Waals surface area contributed by atoms with Gasteiger partial charge in [0.25, 0.3) is 0 Å². The van der Waals surface area contributed by atoms with Crippen LogP contribution in [-0.2, 0) is 28.4 Å². The number of imidazole rings is 1. The molecule has 1 aliphatic heterocycles. The van der Waals surface area contributed by atoms with E-state index < -0.39 is 10.0 Å². The molecule has 1 aromatic heterocycles. The molecule has 24 heavy (non-hydrogen) atoms. The van der Waals surface area contributed by atoms with Gasteiger partial charge in [-0.25, -0.2) is 18.1 Å². The summed E-state index contributed by atoms with van der Waals surface area (Å²) >= 11 is 0. The van der Waals surface area contributed by atoms with Crippen molar-refractivity contribution in [3.8, 4) is 0 Å². The Morgan fingerprint density at radius 1 is 1.42 bits per heavy atom. The summed E-state index contributed by atoms with van der Waals surface area (Å²) in [5.74, 6) is 1.08. The third kappa shape index (κ3) is 5.57. The number of hydrogen-bond donors (Lipinski definition) is 2. The Labute approximate surface area is 143 Å². The van der Waals surface area contributed by atoms with Crippen molar-refractivity contribution in [2.24, 2.45) is 13.0 Å². The number of amides is 1. The molecule has 9 heteroatoms. The summed E-state index contributed by atoms with van der Waals surface area (Å²) in [6.07, 6.45) is 6.83. The fourth-order valence-electron chi connectivity index (χ4n) is 3.12. The van der Waals surface area contributed by atoms with Crippen LogP contribution < -0.4 is 10.0 Å². The molecule has 0 spiro atoms. The minimum Gasteiger partial charge on any atom is -0.351 e. The fraction of sp³-hybridized carbons (Fsp3) is 0.733. The van der Waals surface area contributed by atoms with E-state index in [1.165, 1.54) is 0 Å². The van der Waals surface area contributed by atoms with Crippen LogP contribution in [0.5, 0.6) is 0 Å². The van der Waals surface area contributed by atoms with Crippen molar-refractivity contribution in [2.75, 3.05) is 25.9 Å². The Balaban J connectivity index is 1.92. The highest BCUT2D eigenvalue weighted by molar-refractivity contribution is 7.88. The lowest BCUT2D eigenvalue weighted by atomic mass is 9.98. The number of carbonyl (C=O) groups is 1. The molecular formula is C15H27N5O3S. The lowest BCUT2D eigenvalue weighted by molar-refractivity contribution is -0.120. The zero-order chi connectivity index (χ0) is 17.7. The standard InChI is InChI=1S/C15H27N5O3S/c1-4-5-12-9-20(11-14-16-6-7-19(14)2)10-13(12)18-15(21)8-17-24(3,22)23/h6-7,12-13,17H,4-5,8-11H2,1-3H3,(H,18,21)/t12-,13-/m0/s1. The summed E-state index contributed by atoms with van der Waals surface area (Å²) in [4.78, 5) is 18.6. The first-order chi connectivity index (χ1) is 11.3. The second-order valence-electron chi connectivity index (χ2n) is 6.46. The minimum absolute atomic E-state index is 0.0408. The quantitative estimate of drug-likeness (QED) is 0.665. The van der Waals surface area contributed by atoms with Gasteiger partial charge in [-0.15, -0.1) is 0 Å². The Morgan fingerprint density at radius 3 is 2.75 bits per heavy atom. The number of aryl methyl sites for hydroxylation is 1. The number of nitrogens with one attached hydrogen (secondary N) is 2.